The molecule has 2 aromatic rings. The molecule has 0 radical (unpaired) electrons. The molecule has 0 amide bonds. The van der Waals surface area contributed by atoms with E-state index in [4.69, 9.17) is 0 Å². The number of fused-ring (bicyclic) bond motifs is 2. The molecule has 1 aromatic carbocycles. The maximum absolute atomic E-state index is 4.48. The van der Waals surface area contributed by atoms with Crippen LogP contribution in [-0.4, -0.2) is 12.0 Å². The summed E-state index contributed by atoms with van der Waals surface area (Å²) in [5.41, 5.74) is 2.54. The van der Waals surface area contributed by atoms with Crippen LogP contribution in [0.5, 0.6) is 0 Å². The number of benzene rings is 1. The van der Waals surface area contributed by atoms with Crippen LogP contribution in [-0.2, 0) is 0 Å². The van der Waals surface area contributed by atoms with Crippen LogP contribution < -0.4 is 5.32 Å². The van der Waals surface area contributed by atoms with E-state index in [2.05, 4.69) is 41.6 Å². The molecule has 4 rings (SSSR count). The number of aromatic nitrogens is 1. The average Bonchev–Trinajstić information content (AvgIpc) is 3.07. The summed E-state index contributed by atoms with van der Waals surface area (Å²) in [5, 5.41) is 4.88. The quantitative estimate of drug-likeness (QED) is 0.903. The lowest BCUT2D eigenvalue weighted by Crippen LogP contribution is -2.24. The molecule has 2 fully saturated rings. The number of nitrogens with one attached hydrogen (secondary N) is 1. The highest BCUT2D eigenvalue weighted by molar-refractivity contribution is 5.82. The average molecular weight is 252 g/mol. The first-order valence-electron chi connectivity index (χ1n) is 7.37. The number of hydrogen-bond donors (Lipinski definition) is 1. The fraction of sp³-hybridized carbons (Fsp3) is 0.471. The van der Waals surface area contributed by atoms with Crippen molar-refractivity contribution in [2.45, 2.75) is 25.3 Å². The summed E-state index contributed by atoms with van der Waals surface area (Å²) in [6, 6.07) is 11.3. The Morgan fingerprint density at radius 3 is 2.74 bits per heavy atom. The predicted molar refractivity (Wildman–Crippen MR) is 77.9 cm³/mol. The molecule has 3 atom stereocenters. The van der Waals surface area contributed by atoms with Crippen LogP contribution in [0.3, 0.4) is 0 Å². The van der Waals surface area contributed by atoms with Gasteiger partial charge in [0.2, 0.25) is 0 Å². The molecule has 0 spiro atoms. The van der Waals surface area contributed by atoms with Gasteiger partial charge in [0.05, 0.1) is 5.52 Å². The van der Waals surface area contributed by atoms with Gasteiger partial charge in [0.25, 0.3) is 0 Å². The number of rotatable bonds is 3. The topological polar surface area (TPSA) is 24.9 Å². The molecule has 2 heteroatoms. The zero-order valence-electron chi connectivity index (χ0n) is 11.3. The van der Waals surface area contributed by atoms with Gasteiger partial charge in [0.15, 0.2) is 0 Å². The first-order chi connectivity index (χ1) is 9.36. The third kappa shape index (κ3) is 1.86. The van der Waals surface area contributed by atoms with E-state index in [1.54, 1.807) is 0 Å². The maximum atomic E-state index is 4.48. The van der Waals surface area contributed by atoms with Crippen molar-refractivity contribution in [3.05, 3.63) is 42.1 Å². The van der Waals surface area contributed by atoms with Crippen molar-refractivity contribution >= 4 is 10.9 Å². The smallest absolute Gasteiger partial charge is 0.0705 e. The lowest BCUT2D eigenvalue weighted by atomic mass is 9.87. The monoisotopic (exact) mass is 252 g/mol. The summed E-state index contributed by atoms with van der Waals surface area (Å²) in [5.74, 6) is 2.88. The van der Waals surface area contributed by atoms with Gasteiger partial charge in [0, 0.05) is 17.6 Å². The van der Waals surface area contributed by atoms with Crippen molar-refractivity contribution in [2.75, 3.05) is 7.05 Å². The van der Waals surface area contributed by atoms with Crippen LogP contribution in [0.15, 0.2) is 36.5 Å². The van der Waals surface area contributed by atoms with Gasteiger partial charge in [-0.05, 0) is 61.8 Å². The minimum atomic E-state index is 0.487. The van der Waals surface area contributed by atoms with Gasteiger partial charge in [-0.2, -0.15) is 0 Å². The fourth-order valence-corrected chi connectivity index (χ4v) is 4.08. The highest BCUT2D eigenvalue weighted by Crippen LogP contribution is 2.57. The highest BCUT2D eigenvalue weighted by Gasteiger charge is 2.47. The Labute approximate surface area is 114 Å². The van der Waals surface area contributed by atoms with E-state index in [0.29, 0.717) is 6.04 Å². The van der Waals surface area contributed by atoms with Crippen LogP contribution in [0.2, 0.25) is 0 Å². The van der Waals surface area contributed by atoms with E-state index < -0.39 is 0 Å². The van der Waals surface area contributed by atoms with Crippen molar-refractivity contribution in [3.63, 3.8) is 0 Å². The molecule has 0 bridgehead atoms. The third-order valence-electron chi connectivity index (χ3n) is 5.08. The second-order valence-corrected chi connectivity index (χ2v) is 6.17. The Kier molecular flexibility index (Phi) is 2.59. The largest absolute Gasteiger partial charge is 0.313 e. The van der Waals surface area contributed by atoms with Crippen LogP contribution in [0.4, 0.5) is 0 Å². The van der Waals surface area contributed by atoms with Crippen molar-refractivity contribution in [1.29, 1.82) is 0 Å². The number of hydrogen-bond acceptors (Lipinski definition) is 2. The molecule has 1 N–H and O–H groups in total. The van der Waals surface area contributed by atoms with Gasteiger partial charge in [-0.3, -0.25) is 4.98 Å². The number of nitrogens with zero attached hydrogens (tertiary/aromatic N) is 1. The number of pyridine rings is 1. The molecule has 1 aromatic heterocycles. The van der Waals surface area contributed by atoms with E-state index in [9.17, 15) is 0 Å². The van der Waals surface area contributed by atoms with Gasteiger partial charge in [-0.25, -0.2) is 0 Å². The predicted octanol–water partition coefficient (Wildman–Crippen LogP) is 3.54. The molecule has 2 nitrogen and oxygen atoms in total. The van der Waals surface area contributed by atoms with E-state index >= 15 is 0 Å². The first-order valence-corrected chi connectivity index (χ1v) is 7.37. The molecule has 1 heterocycles. The molecule has 0 saturated heterocycles. The summed E-state index contributed by atoms with van der Waals surface area (Å²) >= 11 is 0. The van der Waals surface area contributed by atoms with Crippen molar-refractivity contribution < 1.29 is 0 Å². The molecular formula is C17H20N2. The zero-order chi connectivity index (χ0) is 12.8. The van der Waals surface area contributed by atoms with Crippen LogP contribution in [0.1, 0.15) is 30.9 Å². The minimum absolute atomic E-state index is 0.487. The van der Waals surface area contributed by atoms with Gasteiger partial charge in [0.1, 0.15) is 0 Å². The lowest BCUT2D eigenvalue weighted by molar-refractivity contribution is 0.361. The zero-order valence-corrected chi connectivity index (χ0v) is 11.3. The highest BCUT2D eigenvalue weighted by atomic mass is 14.9. The maximum Gasteiger partial charge on any atom is 0.0705 e. The van der Waals surface area contributed by atoms with Crippen molar-refractivity contribution in [1.82, 2.24) is 10.3 Å². The Morgan fingerprint density at radius 2 is 1.95 bits per heavy atom. The molecule has 2 aliphatic carbocycles. The van der Waals surface area contributed by atoms with Crippen molar-refractivity contribution in [3.8, 4) is 0 Å². The second-order valence-electron chi connectivity index (χ2n) is 6.17. The Bertz CT molecular complexity index is 592. The molecule has 19 heavy (non-hydrogen) atoms. The Morgan fingerprint density at radius 1 is 1.11 bits per heavy atom. The summed E-state index contributed by atoms with van der Waals surface area (Å²) in [7, 11) is 2.10. The SMILES string of the molecule is CNC(c1cccc2ncccc12)C1CC2CC2C1. The van der Waals surface area contributed by atoms with Gasteiger partial charge >= 0.3 is 0 Å². The summed E-state index contributed by atoms with van der Waals surface area (Å²) < 4.78 is 0. The van der Waals surface area contributed by atoms with Gasteiger partial charge in [-0.1, -0.05) is 18.2 Å². The van der Waals surface area contributed by atoms with E-state index in [1.807, 2.05) is 12.3 Å². The second kappa shape index (κ2) is 4.31. The molecule has 2 aliphatic rings. The van der Waals surface area contributed by atoms with Gasteiger partial charge < -0.3 is 5.32 Å². The fourth-order valence-electron chi connectivity index (χ4n) is 4.08. The third-order valence-corrected chi connectivity index (χ3v) is 5.08. The van der Waals surface area contributed by atoms with Gasteiger partial charge in [-0.15, -0.1) is 0 Å². The minimum Gasteiger partial charge on any atom is -0.313 e. The van der Waals surface area contributed by atoms with Crippen molar-refractivity contribution in [2.24, 2.45) is 17.8 Å². The Balaban J connectivity index is 1.74. The van der Waals surface area contributed by atoms with E-state index in [0.717, 1.165) is 23.3 Å². The standard InChI is InChI=1S/C17H20N2/c1-18-17(13-9-11-8-12(11)10-13)15-4-2-6-16-14(15)5-3-7-19-16/h2-7,11-13,17-18H,8-10H2,1H3. The van der Waals surface area contributed by atoms with Crippen LogP contribution in [0, 0.1) is 17.8 Å². The molecular weight excluding hydrogens is 232 g/mol. The molecule has 3 unspecified atom stereocenters. The Hall–Kier alpha value is -1.41. The first kappa shape index (κ1) is 11.4. The summed E-state index contributed by atoms with van der Waals surface area (Å²) in [6.45, 7) is 0. The van der Waals surface area contributed by atoms with E-state index in [1.165, 1.54) is 30.2 Å². The summed E-state index contributed by atoms with van der Waals surface area (Å²) in [6.07, 6.45) is 6.19. The molecule has 2 saturated carbocycles. The normalized spacial score (nSPS) is 30.3. The molecule has 0 aliphatic heterocycles. The summed E-state index contributed by atoms with van der Waals surface area (Å²) in [4.78, 5) is 4.48. The molecule has 98 valence electrons. The van der Waals surface area contributed by atoms with E-state index in [-0.39, 0.29) is 0 Å². The van der Waals surface area contributed by atoms with Crippen LogP contribution >= 0.6 is 0 Å². The lowest BCUT2D eigenvalue weighted by Gasteiger charge is -2.26. The van der Waals surface area contributed by atoms with Crippen LogP contribution in [0.25, 0.3) is 10.9 Å².